The van der Waals surface area contributed by atoms with Gasteiger partial charge in [0, 0.05) is 26.0 Å². The van der Waals surface area contributed by atoms with Crippen molar-refractivity contribution in [3.63, 3.8) is 0 Å². The fourth-order valence-electron chi connectivity index (χ4n) is 4.56. The number of carbonyl (C=O) groups excluding carboxylic acids is 1. The lowest BCUT2D eigenvalue weighted by Crippen LogP contribution is -2.52. The van der Waals surface area contributed by atoms with Crippen molar-refractivity contribution in [2.75, 3.05) is 19.9 Å². The molecule has 0 aromatic heterocycles. The summed E-state index contributed by atoms with van der Waals surface area (Å²) < 4.78 is 28.9. The van der Waals surface area contributed by atoms with E-state index in [1.165, 1.54) is 12.7 Å². The number of sulfone groups is 1. The van der Waals surface area contributed by atoms with Crippen LogP contribution >= 0.6 is 0 Å². The minimum atomic E-state index is -3.04. The Hall–Kier alpha value is -1.44. The van der Waals surface area contributed by atoms with E-state index in [1.807, 2.05) is 36.2 Å². The molecule has 2 aliphatic rings. The summed E-state index contributed by atoms with van der Waals surface area (Å²) in [6.45, 7) is 1.18. The van der Waals surface area contributed by atoms with Crippen LogP contribution in [0.1, 0.15) is 56.1 Å². The zero-order valence-corrected chi connectivity index (χ0v) is 19.1. The van der Waals surface area contributed by atoms with Gasteiger partial charge in [-0.25, -0.2) is 8.42 Å². The molecule has 2 fully saturated rings. The third-order valence-electron chi connectivity index (χ3n) is 6.70. The molecule has 0 unspecified atom stereocenters. The van der Waals surface area contributed by atoms with Crippen molar-refractivity contribution in [2.24, 2.45) is 17.6 Å². The Kier molecular flexibility index (Phi) is 7.93. The van der Waals surface area contributed by atoms with Gasteiger partial charge in [-0.3, -0.25) is 4.79 Å². The maximum Gasteiger partial charge on any atom is 0.239 e. The Morgan fingerprint density at radius 3 is 2.43 bits per heavy atom. The first kappa shape index (κ1) is 23.2. The molecule has 3 rings (SSSR count). The number of nitrogens with zero attached hydrogens (tertiary/aromatic N) is 1. The van der Waals surface area contributed by atoms with Gasteiger partial charge in [0.1, 0.15) is 0 Å². The second-order valence-electron chi connectivity index (χ2n) is 9.25. The van der Waals surface area contributed by atoms with Crippen LogP contribution in [0.25, 0.3) is 0 Å². The molecule has 0 heterocycles. The first-order chi connectivity index (χ1) is 14.2. The van der Waals surface area contributed by atoms with E-state index in [2.05, 4.69) is 0 Å². The number of ether oxygens (including phenoxy) is 1. The Morgan fingerprint density at radius 1 is 1.17 bits per heavy atom. The van der Waals surface area contributed by atoms with Crippen LogP contribution in [0.4, 0.5) is 0 Å². The van der Waals surface area contributed by atoms with Gasteiger partial charge in [-0.05, 0) is 67.9 Å². The van der Waals surface area contributed by atoms with Gasteiger partial charge in [0.25, 0.3) is 0 Å². The maximum atomic E-state index is 12.6. The van der Waals surface area contributed by atoms with Crippen LogP contribution in [0.15, 0.2) is 24.3 Å². The van der Waals surface area contributed by atoms with E-state index in [1.54, 1.807) is 0 Å². The third kappa shape index (κ3) is 6.53. The van der Waals surface area contributed by atoms with E-state index in [0.29, 0.717) is 25.2 Å². The molecule has 0 bridgehead atoms. The van der Waals surface area contributed by atoms with Crippen LogP contribution in [0.5, 0.6) is 0 Å². The molecular weight excluding hydrogens is 400 g/mol. The predicted molar refractivity (Wildman–Crippen MR) is 118 cm³/mol. The molecule has 0 radical (unpaired) electrons. The first-order valence-corrected chi connectivity index (χ1v) is 13.1. The predicted octanol–water partition coefficient (Wildman–Crippen LogP) is 2.89. The van der Waals surface area contributed by atoms with Gasteiger partial charge in [0.2, 0.25) is 5.91 Å². The number of amides is 1. The second kappa shape index (κ2) is 10.2. The molecule has 2 N–H and O–H groups in total. The lowest BCUT2D eigenvalue weighted by Gasteiger charge is -2.38. The van der Waals surface area contributed by atoms with Crippen molar-refractivity contribution in [1.29, 1.82) is 0 Å². The standard InChI is InChI=1S/C23H36N2O4S/c1-25(21-7-4-8-21)23(26)22(24)20-11-9-17(10-12-20)14-29-15-18-5-3-6-19(13-18)16-30(2,27)28/h3,5-6,13,17,20-22H,4,7-12,14-16,24H2,1-2H3/t17?,20?,22-/m0/s1. The van der Waals surface area contributed by atoms with Crippen molar-refractivity contribution in [2.45, 2.75) is 69.4 Å². The maximum absolute atomic E-state index is 12.6. The SMILES string of the molecule is CN(C(=O)[C@@H](N)C1CCC(COCc2cccc(CS(C)(=O)=O)c2)CC1)C1CCC1. The number of hydrogen-bond acceptors (Lipinski definition) is 5. The molecule has 0 aliphatic heterocycles. The highest BCUT2D eigenvalue weighted by Gasteiger charge is 2.34. The molecular formula is C23H36N2O4S. The highest BCUT2D eigenvalue weighted by atomic mass is 32.2. The molecule has 1 atom stereocenters. The molecule has 2 aliphatic carbocycles. The summed E-state index contributed by atoms with van der Waals surface area (Å²) in [5.41, 5.74) is 8.12. The average Bonchev–Trinajstić information content (AvgIpc) is 2.65. The van der Waals surface area contributed by atoms with Crippen molar-refractivity contribution < 1.29 is 17.9 Å². The molecule has 7 heteroatoms. The van der Waals surface area contributed by atoms with Crippen LogP contribution in [0, 0.1) is 11.8 Å². The van der Waals surface area contributed by atoms with E-state index in [0.717, 1.165) is 49.7 Å². The Labute approximate surface area is 181 Å². The highest BCUT2D eigenvalue weighted by Crippen LogP contribution is 2.32. The molecule has 30 heavy (non-hydrogen) atoms. The summed E-state index contributed by atoms with van der Waals surface area (Å²) in [5, 5.41) is 0. The minimum Gasteiger partial charge on any atom is -0.376 e. The molecule has 1 amide bonds. The van der Waals surface area contributed by atoms with Crippen LogP contribution < -0.4 is 5.73 Å². The number of nitrogens with two attached hydrogens (primary N) is 1. The minimum absolute atomic E-state index is 0.0553. The number of benzene rings is 1. The van der Waals surface area contributed by atoms with E-state index in [4.69, 9.17) is 10.5 Å². The smallest absolute Gasteiger partial charge is 0.239 e. The fourth-order valence-corrected chi connectivity index (χ4v) is 5.35. The Morgan fingerprint density at radius 2 is 1.83 bits per heavy atom. The largest absolute Gasteiger partial charge is 0.376 e. The number of hydrogen-bond donors (Lipinski definition) is 1. The summed E-state index contributed by atoms with van der Waals surface area (Å²) >= 11 is 0. The lowest BCUT2D eigenvalue weighted by molar-refractivity contribution is -0.136. The molecule has 0 spiro atoms. The molecule has 1 aromatic rings. The molecule has 0 saturated heterocycles. The summed E-state index contributed by atoms with van der Waals surface area (Å²) in [5.74, 6) is 0.921. The van der Waals surface area contributed by atoms with Crippen LogP contribution in [-0.4, -0.2) is 51.2 Å². The van der Waals surface area contributed by atoms with Crippen molar-refractivity contribution in [1.82, 2.24) is 4.90 Å². The highest BCUT2D eigenvalue weighted by molar-refractivity contribution is 7.89. The van der Waals surface area contributed by atoms with E-state index in [9.17, 15) is 13.2 Å². The van der Waals surface area contributed by atoms with Gasteiger partial charge >= 0.3 is 0 Å². The zero-order valence-electron chi connectivity index (χ0n) is 18.3. The van der Waals surface area contributed by atoms with Crippen LogP contribution in [0.2, 0.25) is 0 Å². The Bertz CT molecular complexity index is 814. The van der Waals surface area contributed by atoms with Crippen LogP contribution in [-0.2, 0) is 31.7 Å². The lowest BCUT2D eigenvalue weighted by atomic mass is 9.78. The second-order valence-corrected chi connectivity index (χ2v) is 11.4. The monoisotopic (exact) mass is 436 g/mol. The summed E-state index contributed by atoms with van der Waals surface area (Å²) in [7, 11) is -1.14. The number of carbonyl (C=O) groups is 1. The number of rotatable bonds is 9. The zero-order chi connectivity index (χ0) is 21.7. The quantitative estimate of drug-likeness (QED) is 0.643. The summed E-state index contributed by atoms with van der Waals surface area (Å²) in [4.78, 5) is 14.5. The summed E-state index contributed by atoms with van der Waals surface area (Å²) in [6.07, 6.45) is 8.70. The Balaban J connectivity index is 1.39. The van der Waals surface area contributed by atoms with Gasteiger partial charge in [0.05, 0.1) is 18.4 Å². The normalized spacial score (nSPS) is 23.6. The van der Waals surface area contributed by atoms with E-state index < -0.39 is 9.84 Å². The first-order valence-electron chi connectivity index (χ1n) is 11.1. The van der Waals surface area contributed by atoms with E-state index >= 15 is 0 Å². The third-order valence-corrected chi connectivity index (χ3v) is 7.55. The molecule has 1 aromatic carbocycles. The van der Waals surface area contributed by atoms with Gasteiger partial charge < -0.3 is 15.4 Å². The van der Waals surface area contributed by atoms with Gasteiger partial charge in [-0.15, -0.1) is 0 Å². The van der Waals surface area contributed by atoms with Crippen molar-refractivity contribution >= 4 is 15.7 Å². The molecule has 6 nitrogen and oxygen atoms in total. The molecule has 168 valence electrons. The number of likely N-dealkylation sites (N-methyl/N-ethyl adjacent to an activating group) is 1. The van der Waals surface area contributed by atoms with E-state index in [-0.39, 0.29) is 23.6 Å². The van der Waals surface area contributed by atoms with Gasteiger partial charge in [0.15, 0.2) is 9.84 Å². The van der Waals surface area contributed by atoms with Crippen molar-refractivity contribution in [3.8, 4) is 0 Å². The fraction of sp³-hybridized carbons (Fsp3) is 0.696. The summed E-state index contributed by atoms with van der Waals surface area (Å²) in [6, 6.07) is 7.59. The topological polar surface area (TPSA) is 89.7 Å². The molecule has 2 saturated carbocycles. The average molecular weight is 437 g/mol. The van der Waals surface area contributed by atoms with Gasteiger partial charge in [-0.1, -0.05) is 24.3 Å². The van der Waals surface area contributed by atoms with Gasteiger partial charge in [-0.2, -0.15) is 0 Å². The van der Waals surface area contributed by atoms with Crippen molar-refractivity contribution in [3.05, 3.63) is 35.4 Å². The van der Waals surface area contributed by atoms with Crippen LogP contribution in [0.3, 0.4) is 0 Å².